The molecule has 1 fully saturated rings. The van der Waals surface area contributed by atoms with Gasteiger partial charge < -0.3 is 20.9 Å². The first-order valence-corrected chi connectivity index (χ1v) is 6.49. The van der Waals surface area contributed by atoms with E-state index in [9.17, 15) is 9.90 Å². The highest BCUT2D eigenvalue weighted by Crippen LogP contribution is 2.29. The number of aliphatic hydroxyl groups is 1. The van der Waals surface area contributed by atoms with Gasteiger partial charge in [-0.25, -0.2) is 0 Å². The molecule has 0 bridgehead atoms. The Labute approximate surface area is 112 Å². The van der Waals surface area contributed by atoms with Gasteiger partial charge in [0.05, 0.1) is 12.7 Å². The summed E-state index contributed by atoms with van der Waals surface area (Å²) in [6.45, 7) is 0.253. The zero-order valence-electron chi connectivity index (χ0n) is 11.1. The maximum atomic E-state index is 12.2. The summed E-state index contributed by atoms with van der Waals surface area (Å²) in [5.41, 5.74) is 5.74. The Kier molecular flexibility index (Phi) is 3.95. The predicted molar refractivity (Wildman–Crippen MR) is 73.2 cm³/mol. The first kappa shape index (κ1) is 13.7. The summed E-state index contributed by atoms with van der Waals surface area (Å²) in [7, 11) is 1.50. The first-order valence-electron chi connectivity index (χ1n) is 6.49. The molecule has 1 aromatic carbocycles. The first-order chi connectivity index (χ1) is 9.06. The van der Waals surface area contributed by atoms with Gasteiger partial charge in [-0.15, -0.1) is 0 Å². The molecule has 19 heavy (non-hydrogen) atoms. The maximum Gasteiger partial charge on any atom is 0.257 e. The van der Waals surface area contributed by atoms with Crippen molar-refractivity contribution in [3.63, 3.8) is 0 Å². The van der Waals surface area contributed by atoms with Gasteiger partial charge in [0.2, 0.25) is 0 Å². The molecule has 0 atom stereocenters. The second-order valence-electron chi connectivity index (χ2n) is 5.04. The number of carbonyl (C=O) groups is 1. The van der Waals surface area contributed by atoms with Crippen LogP contribution in [-0.4, -0.2) is 30.3 Å². The van der Waals surface area contributed by atoms with E-state index >= 15 is 0 Å². The third-order valence-corrected chi connectivity index (χ3v) is 3.62. The Bertz CT molecular complexity index is 468. The summed E-state index contributed by atoms with van der Waals surface area (Å²) >= 11 is 0. The van der Waals surface area contributed by atoms with E-state index in [0.29, 0.717) is 17.0 Å². The van der Waals surface area contributed by atoms with Crippen molar-refractivity contribution in [1.29, 1.82) is 0 Å². The Balaban J connectivity index is 2.08. The zero-order chi connectivity index (χ0) is 13.9. The molecule has 0 saturated heterocycles. The van der Waals surface area contributed by atoms with Crippen LogP contribution >= 0.6 is 0 Å². The summed E-state index contributed by atoms with van der Waals surface area (Å²) in [5.74, 6) is 0.131. The number of ether oxygens (including phenoxy) is 1. The van der Waals surface area contributed by atoms with Gasteiger partial charge in [0.1, 0.15) is 11.3 Å². The van der Waals surface area contributed by atoms with Crippen molar-refractivity contribution in [2.75, 3.05) is 19.4 Å². The topological polar surface area (TPSA) is 84.6 Å². The summed E-state index contributed by atoms with van der Waals surface area (Å²) in [5, 5.41) is 13.0. The number of rotatable bonds is 4. The standard InChI is InChI=1S/C14H20N2O3/c1-19-11-6-4-5-10(15)12(11)13(17)16-9-14(18)7-2-3-8-14/h4-6,18H,2-3,7-9,15H2,1H3,(H,16,17). The molecule has 1 aromatic rings. The Morgan fingerprint density at radius 3 is 2.79 bits per heavy atom. The molecule has 1 aliphatic rings. The lowest BCUT2D eigenvalue weighted by molar-refractivity contribution is 0.0449. The van der Waals surface area contributed by atoms with Gasteiger partial charge in [-0.1, -0.05) is 18.9 Å². The highest BCUT2D eigenvalue weighted by molar-refractivity contribution is 6.01. The van der Waals surface area contributed by atoms with Crippen LogP contribution in [0.25, 0.3) is 0 Å². The van der Waals surface area contributed by atoms with E-state index in [1.807, 2.05) is 0 Å². The minimum absolute atomic E-state index is 0.253. The third-order valence-electron chi connectivity index (χ3n) is 3.62. The number of amides is 1. The smallest absolute Gasteiger partial charge is 0.257 e. The zero-order valence-corrected chi connectivity index (χ0v) is 11.1. The van der Waals surface area contributed by atoms with E-state index in [1.165, 1.54) is 7.11 Å². The van der Waals surface area contributed by atoms with Crippen molar-refractivity contribution in [3.05, 3.63) is 23.8 Å². The van der Waals surface area contributed by atoms with Gasteiger partial charge >= 0.3 is 0 Å². The summed E-state index contributed by atoms with van der Waals surface area (Å²) in [6.07, 6.45) is 3.47. The average molecular weight is 264 g/mol. The molecule has 5 nitrogen and oxygen atoms in total. The van der Waals surface area contributed by atoms with Crippen LogP contribution in [0.3, 0.4) is 0 Å². The highest BCUT2D eigenvalue weighted by atomic mass is 16.5. The molecular weight excluding hydrogens is 244 g/mol. The van der Waals surface area contributed by atoms with Crippen molar-refractivity contribution >= 4 is 11.6 Å². The van der Waals surface area contributed by atoms with Crippen molar-refractivity contribution < 1.29 is 14.6 Å². The number of nitrogens with two attached hydrogens (primary N) is 1. The molecule has 4 N–H and O–H groups in total. The fourth-order valence-corrected chi connectivity index (χ4v) is 2.50. The number of benzene rings is 1. The molecule has 5 heteroatoms. The molecule has 1 amide bonds. The largest absolute Gasteiger partial charge is 0.496 e. The molecule has 1 aliphatic carbocycles. The second-order valence-corrected chi connectivity index (χ2v) is 5.04. The molecule has 0 aromatic heterocycles. The van der Waals surface area contributed by atoms with Gasteiger partial charge in [0.25, 0.3) is 5.91 Å². The number of hydrogen-bond acceptors (Lipinski definition) is 4. The lowest BCUT2D eigenvalue weighted by Gasteiger charge is -2.22. The normalized spacial score (nSPS) is 17.2. The molecule has 1 saturated carbocycles. The fourth-order valence-electron chi connectivity index (χ4n) is 2.50. The van der Waals surface area contributed by atoms with Crippen LogP contribution in [0.15, 0.2) is 18.2 Å². The van der Waals surface area contributed by atoms with E-state index in [2.05, 4.69) is 5.32 Å². The summed E-state index contributed by atoms with van der Waals surface area (Å²) in [4.78, 5) is 12.2. The van der Waals surface area contributed by atoms with E-state index in [-0.39, 0.29) is 12.5 Å². The molecule has 0 aliphatic heterocycles. The van der Waals surface area contributed by atoms with Crippen LogP contribution in [0.4, 0.5) is 5.69 Å². The minimum Gasteiger partial charge on any atom is -0.496 e. The van der Waals surface area contributed by atoms with E-state index in [4.69, 9.17) is 10.5 Å². The number of hydrogen-bond donors (Lipinski definition) is 3. The van der Waals surface area contributed by atoms with Gasteiger partial charge in [-0.3, -0.25) is 4.79 Å². The molecule has 2 rings (SSSR count). The molecule has 0 radical (unpaired) electrons. The molecular formula is C14H20N2O3. The third kappa shape index (κ3) is 2.98. The molecule has 0 heterocycles. The van der Waals surface area contributed by atoms with Crippen LogP contribution in [0.5, 0.6) is 5.75 Å². The summed E-state index contributed by atoms with van der Waals surface area (Å²) < 4.78 is 5.14. The van der Waals surface area contributed by atoms with E-state index < -0.39 is 5.60 Å². The van der Waals surface area contributed by atoms with Crippen LogP contribution in [-0.2, 0) is 0 Å². The lowest BCUT2D eigenvalue weighted by Crippen LogP contribution is -2.41. The Morgan fingerprint density at radius 1 is 1.47 bits per heavy atom. The minimum atomic E-state index is -0.771. The van der Waals surface area contributed by atoms with Gasteiger partial charge in [-0.2, -0.15) is 0 Å². The predicted octanol–water partition coefficient (Wildman–Crippen LogP) is 1.31. The van der Waals surface area contributed by atoms with Crippen LogP contribution < -0.4 is 15.8 Å². The van der Waals surface area contributed by atoms with Crippen molar-refractivity contribution in [2.24, 2.45) is 0 Å². The molecule has 0 unspecified atom stereocenters. The van der Waals surface area contributed by atoms with Gasteiger partial charge in [0, 0.05) is 12.2 Å². The van der Waals surface area contributed by atoms with Crippen molar-refractivity contribution in [3.8, 4) is 5.75 Å². The van der Waals surface area contributed by atoms with Crippen LogP contribution in [0.2, 0.25) is 0 Å². The average Bonchev–Trinajstić information content (AvgIpc) is 2.83. The number of methoxy groups -OCH3 is 1. The van der Waals surface area contributed by atoms with E-state index in [0.717, 1.165) is 25.7 Å². The van der Waals surface area contributed by atoms with E-state index in [1.54, 1.807) is 18.2 Å². The number of nitrogens with one attached hydrogen (secondary N) is 1. The lowest BCUT2D eigenvalue weighted by atomic mass is 10.0. The molecule has 0 spiro atoms. The summed E-state index contributed by atoms with van der Waals surface area (Å²) in [6, 6.07) is 5.08. The maximum absolute atomic E-state index is 12.2. The number of nitrogen functional groups attached to an aromatic ring is 1. The second kappa shape index (κ2) is 5.48. The Morgan fingerprint density at radius 2 is 2.16 bits per heavy atom. The quantitative estimate of drug-likeness (QED) is 0.716. The van der Waals surface area contributed by atoms with Gasteiger partial charge in [-0.05, 0) is 25.0 Å². The number of anilines is 1. The van der Waals surface area contributed by atoms with Crippen molar-refractivity contribution in [1.82, 2.24) is 5.32 Å². The number of carbonyl (C=O) groups excluding carboxylic acids is 1. The highest BCUT2D eigenvalue weighted by Gasteiger charge is 2.31. The SMILES string of the molecule is COc1cccc(N)c1C(=O)NCC1(O)CCCC1. The van der Waals surface area contributed by atoms with Crippen molar-refractivity contribution in [2.45, 2.75) is 31.3 Å². The van der Waals surface area contributed by atoms with Crippen LogP contribution in [0, 0.1) is 0 Å². The monoisotopic (exact) mass is 264 g/mol. The van der Waals surface area contributed by atoms with Gasteiger partial charge in [0.15, 0.2) is 0 Å². The van der Waals surface area contributed by atoms with Crippen LogP contribution in [0.1, 0.15) is 36.0 Å². The Hall–Kier alpha value is -1.75. The fraction of sp³-hybridized carbons (Fsp3) is 0.500. The molecule has 104 valence electrons.